The van der Waals surface area contributed by atoms with Crippen molar-refractivity contribution in [1.29, 1.82) is 0 Å². The molecule has 7 nitrogen and oxygen atoms in total. The van der Waals surface area contributed by atoms with Gasteiger partial charge in [0.25, 0.3) is 11.6 Å². The first-order chi connectivity index (χ1) is 13.6. The van der Waals surface area contributed by atoms with Crippen LogP contribution in [0.1, 0.15) is 34.5 Å². The van der Waals surface area contributed by atoms with E-state index in [9.17, 15) is 28.1 Å². The summed E-state index contributed by atoms with van der Waals surface area (Å²) >= 11 is 0. The Morgan fingerprint density at radius 2 is 1.90 bits per heavy atom. The molecule has 1 amide bonds. The molecule has 1 N–H and O–H groups in total. The third-order valence-electron chi connectivity index (χ3n) is 4.23. The average molecular weight is 404 g/mol. The van der Waals surface area contributed by atoms with E-state index in [1.807, 2.05) is 0 Å². The predicted octanol–water partition coefficient (Wildman–Crippen LogP) is 4.29. The summed E-state index contributed by atoms with van der Waals surface area (Å²) in [6.45, 7) is 1.58. The Bertz CT molecular complexity index is 1050. The fraction of sp³-hybridized carbons (Fsp3) is 0.158. The van der Waals surface area contributed by atoms with E-state index in [2.05, 4.69) is 10.4 Å². The van der Waals surface area contributed by atoms with Crippen molar-refractivity contribution in [2.24, 2.45) is 0 Å². The minimum absolute atomic E-state index is 0.0752. The molecule has 3 rings (SSSR count). The summed E-state index contributed by atoms with van der Waals surface area (Å²) < 4.78 is 39.9. The number of nitro groups is 1. The van der Waals surface area contributed by atoms with Crippen LogP contribution in [-0.4, -0.2) is 20.6 Å². The number of alkyl halides is 3. The van der Waals surface area contributed by atoms with Gasteiger partial charge in [-0.3, -0.25) is 14.9 Å². The van der Waals surface area contributed by atoms with Crippen LogP contribution in [0.2, 0.25) is 0 Å². The molecule has 29 heavy (non-hydrogen) atoms. The first kappa shape index (κ1) is 20.1. The minimum atomic E-state index is -4.47. The normalized spacial score (nSPS) is 12.4. The monoisotopic (exact) mass is 404 g/mol. The second-order valence-corrected chi connectivity index (χ2v) is 6.27. The summed E-state index contributed by atoms with van der Waals surface area (Å²) in [4.78, 5) is 22.6. The molecular formula is C19H15F3N4O3. The lowest BCUT2D eigenvalue weighted by atomic mass is 10.0. The highest BCUT2D eigenvalue weighted by atomic mass is 19.4. The van der Waals surface area contributed by atoms with Crippen molar-refractivity contribution in [3.8, 4) is 5.69 Å². The Morgan fingerprint density at radius 3 is 2.52 bits per heavy atom. The molecule has 0 radical (unpaired) electrons. The van der Waals surface area contributed by atoms with Gasteiger partial charge in [-0.05, 0) is 36.8 Å². The van der Waals surface area contributed by atoms with E-state index in [1.165, 1.54) is 53.5 Å². The van der Waals surface area contributed by atoms with Crippen LogP contribution in [0.15, 0.2) is 60.9 Å². The quantitative estimate of drug-likeness (QED) is 0.507. The zero-order valence-electron chi connectivity index (χ0n) is 15.1. The molecule has 150 valence electrons. The molecule has 2 aromatic carbocycles. The van der Waals surface area contributed by atoms with Crippen molar-refractivity contribution >= 4 is 11.6 Å². The number of halogens is 3. The van der Waals surface area contributed by atoms with Crippen LogP contribution in [0.25, 0.3) is 5.69 Å². The number of carbonyl (C=O) groups is 1. The Kier molecular flexibility index (Phi) is 5.35. The number of nitro benzene ring substituents is 1. The predicted molar refractivity (Wildman–Crippen MR) is 97.5 cm³/mol. The van der Waals surface area contributed by atoms with Gasteiger partial charge in [0.05, 0.1) is 34.0 Å². The van der Waals surface area contributed by atoms with E-state index in [4.69, 9.17) is 0 Å². The van der Waals surface area contributed by atoms with E-state index < -0.39 is 28.6 Å². The number of non-ortho nitro benzene ring substituents is 1. The largest absolute Gasteiger partial charge is 0.416 e. The maximum Gasteiger partial charge on any atom is 0.416 e. The van der Waals surface area contributed by atoms with Crippen LogP contribution in [0, 0.1) is 10.1 Å². The Hall–Kier alpha value is -3.69. The molecule has 1 aromatic heterocycles. The molecule has 1 atom stereocenters. The molecule has 3 aromatic rings. The SMILES string of the molecule is C[C@@H](NC(=O)c1cnn(-c2ccc([N+](=O)[O-])cc2)c1)c1cccc(C(F)(F)F)c1. The number of benzene rings is 2. The summed E-state index contributed by atoms with van der Waals surface area (Å²) in [7, 11) is 0. The van der Waals surface area contributed by atoms with Gasteiger partial charge in [-0.25, -0.2) is 4.68 Å². The standard InChI is InChI=1S/C19H15F3N4O3/c1-12(13-3-2-4-15(9-13)19(20,21)22)24-18(27)14-10-23-25(11-14)16-5-7-17(8-6-16)26(28)29/h2-12H,1H3,(H,24,27)/t12-/m1/s1. The van der Waals surface area contributed by atoms with Crippen LogP contribution in [0.3, 0.4) is 0 Å². The van der Waals surface area contributed by atoms with Gasteiger partial charge in [0.15, 0.2) is 0 Å². The smallest absolute Gasteiger partial charge is 0.345 e. The highest BCUT2D eigenvalue weighted by Gasteiger charge is 2.30. The van der Waals surface area contributed by atoms with Crippen LogP contribution in [0.4, 0.5) is 18.9 Å². The number of hydrogen-bond donors (Lipinski definition) is 1. The maximum atomic E-state index is 12.9. The van der Waals surface area contributed by atoms with Gasteiger partial charge in [0.1, 0.15) is 0 Å². The third-order valence-corrected chi connectivity index (χ3v) is 4.23. The molecule has 0 fully saturated rings. The number of rotatable bonds is 5. The zero-order chi connectivity index (χ0) is 21.2. The number of carbonyl (C=O) groups excluding carboxylic acids is 1. The van der Waals surface area contributed by atoms with Crippen LogP contribution < -0.4 is 5.32 Å². The lowest BCUT2D eigenvalue weighted by Gasteiger charge is -2.15. The van der Waals surface area contributed by atoms with Crippen molar-refractivity contribution in [2.45, 2.75) is 19.1 Å². The first-order valence-electron chi connectivity index (χ1n) is 8.42. The van der Waals surface area contributed by atoms with Crippen LogP contribution in [0.5, 0.6) is 0 Å². The molecule has 10 heteroatoms. The third kappa shape index (κ3) is 4.60. The maximum absolute atomic E-state index is 12.9. The van der Waals surface area contributed by atoms with E-state index in [0.717, 1.165) is 12.1 Å². The summed E-state index contributed by atoms with van der Waals surface area (Å²) in [5.74, 6) is -0.511. The van der Waals surface area contributed by atoms with Gasteiger partial charge in [0.2, 0.25) is 0 Å². The molecular weight excluding hydrogens is 389 g/mol. The highest BCUT2D eigenvalue weighted by molar-refractivity contribution is 5.94. The fourth-order valence-electron chi connectivity index (χ4n) is 2.66. The first-order valence-corrected chi connectivity index (χ1v) is 8.42. The second-order valence-electron chi connectivity index (χ2n) is 6.27. The summed E-state index contributed by atoms with van der Waals surface area (Å²) in [6.07, 6.45) is -1.74. The molecule has 0 aliphatic carbocycles. The Balaban J connectivity index is 1.72. The number of amides is 1. The summed E-state index contributed by atoms with van der Waals surface area (Å²) in [5.41, 5.74) is 0.162. The van der Waals surface area contributed by atoms with Crippen molar-refractivity contribution < 1.29 is 22.9 Å². The van der Waals surface area contributed by atoms with Gasteiger partial charge in [0, 0.05) is 18.3 Å². The highest BCUT2D eigenvalue weighted by Crippen LogP contribution is 2.30. The van der Waals surface area contributed by atoms with Crippen molar-refractivity contribution in [1.82, 2.24) is 15.1 Å². The summed E-state index contributed by atoms with van der Waals surface area (Å²) in [6, 6.07) is 9.67. The average Bonchev–Trinajstić information content (AvgIpc) is 3.18. The van der Waals surface area contributed by atoms with Gasteiger partial charge < -0.3 is 5.32 Å². The second kappa shape index (κ2) is 7.74. The van der Waals surface area contributed by atoms with E-state index in [1.54, 1.807) is 6.92 Å². The van der Waals surface area contributed by atoms with Gasteiger partial charge in [-0.2, -0.15) is 18.3 Å². The van der Waals surface area contributed by atoms with Crippen LogP contribution in [-0.2, 0) is 6.18 Å². The molecule has 0 unspecified atom stereocenters. The summed E-state index contributed by atoms with van der Waals surface area (Å²) in [5, 5.41) is 17.4. The zero-order valence-corrected chi connectivity index (χ0v) is 15.1. The van der Waals surface area contributed by atoms with Crippen LogP contribution >= 0.6 is 0 Å². The minimum Gasteiger partial charge on any atom is -0.345 e. The number of hydrogen-bond acceptors (Lipinski definition) is 4. The molecule has 0 bridgehead atoms. The molecule has 1 heterocycles. The van der Waals surface area contributed by atoms with Crippen molar-refractivity contribution in [3.05, 3.63) is 87.7 Å². The van der Waals surface area contributed by atoms with Gasteiger partial charge >= 0.3 is 6.18 Å². The lowest BCUT2D eigenvalue weighted by Crippen LogP contribution is -2.26. The topological polar surface area (TPSA) is 90.1 Å². The Labute approximate surface area is 162 Å². The van der Waals surface area contributed by atoms with Gasteiger partial charge in [-0.1, -0.05) is 12.1 Å². The van der Waals surface area contributed by atoms with Gasteiger partial charge in [-0.15, -0.1) is 0 Å². The Morgan fingerprint density at radius 1 is 1.21 bits per heavy atom. The molecule has 0 saturated heterocycles. The molecule has 0 aliphatic rings. The molecule has 0 spiro atoms. The van der Waals surface area contributed by atoms with Crippen molar-refractivity contribution in [2.75, 3.05) is 0 Å². The van der Waals surface area contributed by atoms with Crippen molar-refractivity contribution in [3.63, 3.8) is 0 Å². The number of nitrogens with zero attached hydrogens (tertiary/aromatic N) is 3. The lowest BCUT2D eigenvalue weighted by molar-refractivity contribution is -0.384. The van der Waals surface area contributed by atoms with E-state index in [-0.39, 0.29) is 11.3 Å². The van der Waals surface area contributed by atoms with E-state index in [0.29, 0.717) is 11.3 Å². The molecule has 0 saturated carbocycles. The number of aromatic nitrogens is 2. The molecule has 0 aliphatic heterocycles. The fourth-order valence-corrected chi connectivity index (χ4v) is 2.66. The number of nitrogens with one attached hydrogen (secondary N) is 1. The van der Waals surface area contributed by atoms with E-state index >= 15 is 0 Å².